The van der Waals surface area contributed by atoms with Crippen LogP contribution in [-0.2, 0) is 4.74 Å². The standard InChI is InChI=1S/C11H12N2O2/c12-6-8-5-9(13)1-2-11(8)15-10-3-4-14-7-10/h1-2,5,10H,3-4,7,13H2/t10-/m1/s1. The molecule has 1 atom stereocenters. The fraction of sp³-hybridized carbons (Fsp3) is 0.364. The minimum atomic E-state index is 0.0562. The fourth-order valence-electron chi connectivity index (χ4n) is 1.52. The Labute approximate surface area is 88.2 Å². The molecular weight excluding hydrogens is 192 g/mol. The summed E-state index contributed by atoms with van der Waals surface area (Å²) in [6.07, 6.45) is 0.927. The first-order chi connectivity index (χ1) is 7.29. The van der Waals surface area contributed by atoms with Gasteiger partial charge in [-0.25, -0.2) is 0 Å². The molecule has 1 aromatic carbocycles. The van der Waals surface area contributed by atoms with Crippen molar-refractivity contribution < 1.29 is 9.47 Å². The number of nitrogens with zero attached hydrogens (tertiary/aromatic N) is 1. The van der Waals surface area contributed by atoms with Crippen LogP contribution in [0.1, 0.15) is 12.0 Å². The Morgan fingerprint density at radius 2 is 2.40 bits per heavy atom. The van der Waals surface area contributed by atoms with Gasteiger partial charge in [0.15, 0.2) is 0 Å². The molecule has 0 saturated carbocycles. The van der Waals surface area contributed by atoms with Crippen LogP contribution >= 0.6 is 0 Å². The van der Waals surface area contributed by atoms with Gasteiger partial charge in [0.05, 0.1) is 18.8 Å². The number of nitriles is 1. The molecule has 1 aliphatic rings. The molecule has 2 rings (SSSR count). The molecule has 0 radical (unpaired) electrons. The number of ether oxygens (including phenoxy) is 2. The van der Waals surface area contributed by atoms with E-state index in [1.165, 1.54) is 0 Å². The van der Waals surface area contributed by atoms with E-state index in [1.54, 1.807) is 18.2 Å². The van der Waals surface area contributed by atoms with Gasteiger partial charge in [-0.2, -0.15) is 5.26 Å². The average Bonchev–Trinajstić information content (AvgIpc) is 2.73. The maximum atomic E-state index is 8.90. The summed E-state index contributed by atoms with van der Waals surface area (Å²) in [6.45, 7) is 1.32. The highest BCUT2D eigenvalue weighted by Crippen LogP contribution is 2.23. The van der Waals surface area contributed by atoms with Crippen molar-refractivity contribution in [2.75, 3.05) is 18.9 Å². The van der Waals surface area contributed by atoms with Crippen LogP contribution in [0.15, 0.2) is 18.2 Å². The zero-order valence-corrected chi connectivity index (χ0v) is 8.27. The van der Waals surface area contributed by atoms with Crippen molar-refractivity contribution >= 4 is 5.69 Å². The quantitative estimate of drug-likeness (QED) is 0.737. The highest BCUT2D eigenvalue weighted by molar-refractivity contribution is 5.53. The first-order valence-corrected chi connectivity index (χ1v) is 4.83. The second kappa shape index (κ2) is 4.20. The van der Waals surface area contributed by atoms with Crippen LogP contribution in [0, 0.1) is 11.3 Å². The molecule has 0 unspecified atom stereocenters. The molecule has 1 heterocycles. The highest BCUT2D eigenvalue weighted by Gasteiger charge is 2.18. The third kappa shape index (κ3) is 2.20. The fourth-order valence-corrected chi connectivity index (χ4v) is 1.52. The van der Waals surface area contributed by atoms with Gasteiger partial charge in [0.25, 0.3) is 0 Å². The number of hydrogen-bond acceptors (Lipinski definition) is 4. The Morgan fingerprint density at radius 3 is 3.07 bits per heavy atom. The van der Waals surface area contributed by atoms with Crippen LogP contribution < -0.4 is 10.5 Å². The van der Waals surface area contributed by atoms with E-state index in [2.05, 4.69) is 6.07 Å². The van der Waals surface area contributed by atoms with Crippen LogP contribution in [-0.4, -0.2) is 19.3 Å². The number of nitrogens with two attached hydrogens (primary N) is 1. The minimum Gasteiger partial charge on any atom is -0.487 e. The summed E-state index contributed by atoms with van der Waals surface area (Å²) in [5, 5.41) is 8.90. The second-order valence-electron chi connectivity index (χ2n) is 3.47. The van der Waals surface area contributed by atoms with Crippen molar-refractivity contribution in [3.8, 4) is 11.8 Å². The van der Waals surface area contributed by atoms with Gasteiger partial charge >= 0.3 is 0 Å². The van der Waals surface area contributed by atoms with Gasteiger partial charge in [-0.3, -0.25) is 0 Å². The van der Waals surface area contributed by atoms with Gasteiger partial charge in [0, 0.05) is 12.1 Å². The molecule has 1 aliphatic heterocycles. The Bertz CT molecular complexity index is 392. The van der Waals surface area contributed by atoms with Crippen molar-refractivity contribution in [1.82, 2.24) is 0 Å². The lowest BCUT2D eigenvalue weighted by Crippen LogP contribution is -2.16. The first-order valence-electron chi connectivity index (χ1n) is 4.83. The molecule has 2 N–H and O–H groups in total. The van der Waals surface area contributed by atoms with Crippen molar-refractivity contribution in [3.63, 3.8) is 0 Å². The Balaban J connectivity index is 2.16. The molecule has 1 aromatic rings. The van der Waals surface area contributed by atoms with Crippen LogP contribution in [0.3, 0.4) is 0 Å². The predicted molar refractivity (Wildman–Crippen MR) is 55.4 cm³/mol. The summed E-state index contributed by atoms with van der Waals surface area (Å²) < 4.78 is 10.8. The molecular formula is C11H12N2O2. The van der Waals surface area contributed by atoms with Crippen molar-refractivity contribution in [3.05, 3.63) is 23.8 Å². The first kappa shape index (κ1) is 9.81. The summed E-state index contributed by atoms with van der Waals surface area (Å²) in [7, 11) is 0. The summed E-state index contributed by atoms with van der Waals surface area (Å²) in [6, 6.07) is 7.14. The van der Waals surface area contributed by atoms with Crippen LogP contribution in [0.2, 0.25) is 0 Å². The van der Waals surface area contributed by atoms with Crippen LogP contribution in [0.25, 0.3) is 0 Å². The maximum Gasteiger partial charge on any atom is 0.137 e. The van der Waals surface area contributed by atoms with Crippen molar-refractivity contribution in [2.45, 2.75) is 12.5 Å². The Morgan fingerprint density at radius 1 is 1.53 bits per heavy atom. The molecule has 0 aromatic heterocycles. The normalized spacial score (nSPS) is 19.8. The van der Waals surface area contributed by atoms with E-state index in [1.807, 2.05) is 0 Å². The van der Waals surface area contributed by atoms with E-state index in [9.17, 15) is 0 Å². The highest BCUT2D eigenvalue weighted by atomic mass is 16.5. The lowest BCUT2D eigenvalue weighted by Gasteiger charge is -2.12. The average molecular weight is 204 g/mol. The number of hydrogen-bond donors (Lipinski definition) is 1. The third-order valence-corrected chi connectivity index (χ3v) is 2.31. The van der Waals surface area contributed by atoms with E-state index in [0.29, 0.717) is 23.6 Å². The summed E-state index contributed by atoms with van der Waals surface area (Å²) in [4.78, 5) is 0. The monoisotopic (exact) mass is 204 g/mol. The van der Waals surface area contributed by atoms with Gasteiger partial charge in [-0.15, -0.1) is 0 Å². The molecule has 15 heavy (non-hydrogen) atoms. The molecule has 1 fully saturated rings. The van der Waals surface area contributed by atoms with Gasteiger partial charge in [-0.05, 0) is 18.2 Å². The topological polar surface area (TPSA) is 68.3 Å². The van der Waals surface area contributed by atoms with Gasteiger partial charge in [0.1, 0.15) is 17.9 Å². The van der Waals surface area contributed by atoms with Crippen molar-refractivity contribution in [1.29, 1.82) is 5.26 Å². The molecule has 0 spiro atoms. The molecule has 78 valence electrons. The van der Waals surface area contributed by atoms with Gasteiger partial charge < -0.3 is 15.2 Å². The summed E-state index contributed by atoms with van der Waals surface area (Å²) in [5.74, 6) is 0.585. The summed E-state index contributed by atoms with van der Waals surface area (Å²) in [5.41, 5.74) is 6.62. The second-order valence-corrected chi connectivity index (χ2v) is 3.47. The van der Waals surface area contributed by atoms with E-state index in [-0.39, 0.29) is 6.10 Å². The zero-order chi connectivity index (χ0) is 10.7. The largest absolute Gasteiger partial charge is 0.487 e. The number of nitrogen functional groups attached to an aromatic ring is 1. The number of anilines is 1. The minimum absolute atomic E-state index is 0.0562. The number of benzene rings is 1. The molecule has 0 amide bonds. The van der Waals surface area contributed by atoms with Gasteiger partial charge in [0.2, 0.25) is 0 Å². The Kier molecular flexibility index (Phi) is 2.75. The molecule has 0 aliphatic carbocycles. The van der Waals surface area contributed by atoms with Crippen molar-refractivity contribution in [2.24, 2.45) is 0 Å². The molecule has 1 saturated heterocycles. The Hall–Kier alpha value is -1.73. The van der Waals surface area contributed by atoms with Gasteiger partial charge in [-0.1, -0.05) is 0 Å². The molecule has 0 bridgehead atoms. The van der Waals surface area contributed by atoms with E-state index in [4.69, 9.17) is 20.5 Å². The SMILES string of the molecule is N#Cc1cc(N)ccc1O[C@@H]1CCOC1. The van der Waals surface area contributed by atoms with Crippen LogP contribution in [0.4, 0.5) is 5.69 Å². The van der Waals surface area contributed by atoms with Crippen LogP contribution in [0.5, 0.6) is 5.75 Å². The predicted octanol–water partition coefficient (Wildman–Crippen LogP) is 1.31. The lowest BCUT2D eigenvalue weighted by atomic mass is 10.2. The molecule has 4 nitrogen and oxygen atoms in total. The summed E-state index contributed by atoms with van der Waals surface area (Å²) >= 11 is 0. The molecule has 4 heteroatoms. The lowest BCUT2D eigenvalue weighted by molar-refractivity contribution is 0.141. The van der Waals surface area contributed by atoms with E-state index >= 15 is 0 Å². The number of rotatable bonds is 2. The van der Waals surface area contributed by atoms with E-state index < -0.39 is 0 Å². The zero-order valence-electron chi connectivity index (χ0n) is 8.27. The third-order valence-electron chi connectivity index (χ3n) is 2.31. The van der Waals surface area contributed by atoms with E-state index in [0.717, 1.165) is 13.0 Å². The maximum absolute atomic E-state index is 8.90. The smallest absolute Gasteiger partial charge is 0.137 e.